The molecule has 0 aliphatic carbocycles. The summed E-state index contributed by atoms with van der Waals surface area (Å²) in [6.07, 6.45) is 3.78. The molecule has 1 fully saturated rings. The number of nitrogens with zero attached hydrogens (tertiary/aromatic N) is 3. The molecule has 1 aromatic carbocycles. The second-order valence-corrected chi connectivity index (χ2v) is 6.34. The maximum absolute atomic E-state index is 6.03. The predicted molar refractivity (Wildman–Crippen MR) is 103 cm³/mol. The highest BCUT2D eigenvalue weighted by Crippen LogP contribution is 2.24. The van der Waals surface area contributed by atoms with E-state index in [4.69, 9.17) is 10.5 Å². The predicted octanol–water partition coefficient (Wildman–Crippen LogP) is 1.58. The van der Waals surface area contributed by atoms with E-state index in [2.05, 4.69) is 38.0 Å². The van der Waals surface area contributed by atoms with Crippen molar-refractivity contribution in [2.45, 2.75) is 13.1 Å². The van der Waals surface area contributed by atoms with Crippen LogP contribution in [0, 0.1) is 0 Å². The normalized spacial score (nSPS) is 15.8. The van der Waals surface area contributed by atoms with Crippen molar-refractivity contribution >= 4 is 11.9 Å². The number of ether oxygens (including phenoxy) is 1. The van der Waals surface area contributed by atoms with E-state index >= 15 is 0 Å². The fourth-order valence-electron chi connectivity index (χ4n) is 3.24. The first-order chi connectivity index (χ1) is 12.2. The smallest absolute Gasteiger partial charge is 0.124 e. The van der Waals surface area contributed by atoms with E-state index in [1.807, 2.05) is 12.3 Å². The Hall–Kier alpha value is -2.31. The molecule has 134 valence electrons. The third kappa shape index (κ3) is 4.21. The Morgan fingerprint density at radius 3 is 2.76 bits per heavy atom. The van der Waals surface area contributed by atoms with Gasteiger partial charge in [0.05, 0.1) is 25.0 Å². The summed E-state index contributed by atoms with van der Waals surface area (Å²) in [5, 5.41) is 3.39. The molecule has 0 bridgehead atoms. The van der Waals surface area contributed by atoms with Gasteiger partial charge in [0.15, 0.2) is 0 Å². The third-order valence-corrected chi connectivity index (χ3v) is 4.60. The second kappa shape index (κ2) is 8.18. The van der Waals surface area contributed by atoms with Gasteiger partial charge < -0.3 is 20.4 Å². The molecule has 3 rings (SSSR count). The maximum atomic E-state index is 6.03. The summed E-state index contributed by atoms with van der Waals surface area (Å²) in [4.78, 5) is 6.56. The van der Waals surface area contributed by atoms with E-state index in [9.17, 15) is 0 Å². The third-order valence-electron chi connectivity index (χ3n) is 4.60. The number of benzene rings is 1. The fraction of sp³-hybridized carbons (Fsp3) is 0.421. The molecule has 0 unspecified atom stereocenters. The zero-order valence-corrected chi connectivity index (χ0v) is 15.0. The lowest BCUT2D eigenvalue weighted by Gasteiger charge is -2.27. The van der Waals surface area contributed by atoms with Crippen molar-refractivity contribution < 1.29 is 4.74 Å². The first-order valence-corrected chi connectivity index (χ1v) is 8.67. The van der Waals surface area contributed by atoms with E-state index in [0.717, 1.165) is 55.4 Å². The molecule has 1 aliphatic heterocycles. The molecule has 0 radical (unpaired) electrons. The zero-order chi connectivity index (χ0) is 17.6. The lowest BCUT2D eigenvalue weighted by molar-refractivity contribution is 0.233. The average molecular weight is 341 g/mol. The van der Waals surface area contributed by atoms with Crippen molar-refractivity contribution in [3.05, 3.63) is 47.3 Å². The van der Waals surface area contributed by atoms with Gasteiger partial charge in [-0.1, -0.05) is 12.1 Å². The number of hydrogen-bond donors (Lipinski definition) is 2. The minimum Gasteiger partial charge on any atom is -0.496 e. The minimum absolute atomic E-state index is 0.704. The largest absolute Gasteiger partial charge is 0.496 e. The summed E-state index contributed by atoms with van der Waals surface area (Å²) in [5.74, 6) is 0.916. The minimum atomic E-state index is 0.704. The van der Waals surface area contributed by atoms with E-state index in [1.165, 1.54) is 5.56 Å². The van der Waals surface area contributed by atoms with Crippen LogP contribution in [0.1, 0.15) is 16.8 Å². The van der Waals surface area contributed by atoms with Crippen molar-refractivity contribution in [1.82, 2.24) is 14.8 Å². The Kier molecular flexibility index (Phi) is 5.73. The molecule has 0 spiro atoms. The molecule has 6 nitrogen and oxygen atoms in total. The zero-order valence-electron chi connectivity index (χ0n) is 15.0. The SMILES string of the molecule is CN=Cc1c(N)ccn1Cc1ccc(CN2CCNCC2)cc1OC. The number of aliphatic imine (C=N–C) groups is 1. The van der Waals surface area contributed by atoms with Crippen LogP contribution in [0.25, 0.3) is 0 Å². The highest BCUT2D eigenvalue weighted by Gasteiger charge is 2.13. The van der Waals surface area contributed by atoms with Gasteiger partial charge in [0, 0.05) is 57.7 Å². The molecule has 1 saturated heterocycles. The molecule has 0 atom stereocenters. The highest BCUT2D eigenvalue weighted by atomic mass is 16.5. The van der Waals surface area contributed by atoms with Crippen LogP contribution in [0.4, 0.5) is 5.69 Å². The number of anilines is 1. The van der Waals surface area contributed by atoms with Gasteiger partial charge in [-0.05, 0) is 17.7 Å². The van der Waals surface area contributed by atoms with Crippen LogP contribution >= 0.6 is 0 Å². The van der Waals surface area contributed by atoms with Crippen molar-refractivity contribution in [2.24, 2.45) is 4.99 Å². The molecule has 0 amide bonds. The monoisotopic (exact) mass is 341 g/mol. The molecule has 2 heterocycles. The molecule has 1 aliphatic rings. The van der Waals surface area contributed by atoms with Crippen molar-refractivity contribution in [2.75, 3.05) is 46.1 Å². The van der Waals surface area contributed by atoms with Crippen LogP contribution in [0.5, 0.6) is 5.75 Å². The molecule has 25 heavy (non-hydrogen) atoms. The van der Waals surface area contributed by atoms with Gasteiger partial charge in [-0.2, -0.15) is 0 Å². The second-order valence-electron chi connectivity index (χ2n) is 6.34. The summed E-state index contributed by atoms with van der Waals surface area (Å²) in [6, 6.07) is 8.40. The van der Waals surface area contributed by atoms with E-state index in [1.54, 1.807) is 20.4 Å². The Morgan fingerprint density at radius 1 is 1.24 bits per heavy atom. The first-order valence-electron chi connectivity index (χ1n) is 8.67. The summed E-state index contributed by atoms with van der Waals surface area (Å²) in [5.41, 5.74) is 10.1. The lowest BCUT2D eigenvalue weighted by atomic mass is 10.1. The van der Waals surface area contributed by atoms with E-state index in [-0.39, 0.29) is 0 Å². The standard InChI is InChI=1S/C19H27N5O/c1-21-12-18-17(20)5-8-24(18)14-16-4-3-15(11-19(16)25-2)13-23-9-6-22-7-10-23/h3-5,8,11-12,22H,6-7,9-10,13-14,20H2,1-2H3. The summed E-state index contributed by atoms with van der Waals surface area (Å²) >= 11 is 0. The number of nitrogen functional groups attached to an aromatic ring is 1. The first kappa shape index (κ1) is 17.5. The number of piperazine rings is 1. The summed E-state index contributed by atoms with van der Waals surface area (Å²) < 4.78 is 7.74. The quantitative estimate of drug-likeness (QED) is 0.783. The molecule has 3 N–H and O–H groups in total. The van der Waals surface area contributed by atoms with Gasteiger partial charge in [-0.3, -0.25) is 9.89 Å². The van der Waals surface area contributed by atoms with Crippen LogP contribution in [0.2, 0.25) is 0 Å². The number of aromatic nitrogens is 1. The molecular weight excluding hydrogens is 314 g/mol. The van der Waals surface area contributed by atoms with E-state index < -0.39 is 0 Å². The van der Waals surface area contributed by atoms with Crippen molar-refractivity contribution in [3.8, 4) is 5.75 Å². The van der Waals surface area contributed by atoms with Crippen molar-refractivity contribution in [1.29, 1.82) is 0 Å². The Bertz CT molecular complexity index is 731. The Labute approximate surface area is 149 Å². The number of methoxy groups -OCH3 is 1. The van der Waals surface area contributed by atoms with Gasteiger partial charge in [0.25, 0.3) is 0 Å². The van der Waals surface area contributed by atoms with Crippen LogP contribution in [-0.2, 0) is 13.1 Å². The number of nitrogens with one attached hydrogen (secondary N) is 1. The van der Waals surface area contributed by atoms with Gasteiger partial charge in [0.1, 0.15) is 5.75 Å². The molecule has 1 aromatic heterocycles. The number of rotatable bonds is 6. The Balaban J connectivity index is 1.78. The molecular formula is C19H27N5O. The fourth-order valence-corrected chi connectivity index (χ4v) is 3.24. The maximum Gasteiger partial charge on any atom is 0.124 e. The van der Waals surface area contributed by atoms with Crippen LogP contribution < -0.4 is 15.8 Å². The van der Waals surface area contributed by atoms with Crippen LogP contribution in [0.15, 0.2) is 35.5 Å². The van der Waals surface area contributed by atoms with Crippen LogP contribution in [-0.4, -0.2) is 56.0 Å². The van der Waals surface area contributed by atoms with Crippen molar-refractivity contribution in [3.63, 3.8) is 0 Å². The topological polar surface area (TPSA) is 67.8 Å². The molecule has 6 heteroatoms. The van der Waals surface area contributed by atoms with Gasteiger partial charge in [-0.25, -0.2) is 0 Å². The molecule has 2 aromatic rings. The van der Waals surface area contributed by atoms with Gasteiger partial charge in [-0.15, -0.1) is 0 Å². The van der Waals surface area contributed by atoms with E-state index in [0.29, 0.717) is 6.54 Å². The van der Waals surface area contributed by atoms with Gasteiger partial charge in [0.2, 0.25) is 0 Å². The summed E-state index contributed by atoms with van der Waals surface area (Å²) in [7, 11) is 3.48. The number of hydrogen-bond acceptors (Lipinski definition) is 5. The Morgan fingerprint density at radius 2 is 2.04 bits per heavy atom. The van der Waals surface area contributed by atoms with Crippen LogP contribution in [0.3, 0.4) is 0 Å². The van der Waals surface area contributed by atoms with Gasteiger partial charge >= 0.3 is 0 Å². The number of nitrogens with two attached hydrogens (primary N) is 1. The highest BCUT2D eigenvalue weighted by molar-refractivity contribution is 5.85. The summed E-state index contributed by atoms with van der Waals surface area (Å²) in [6.45, 7) is 5.97. The molecule has 0 saturated carbocycles. The average Bonchev–Trinajstić information content (AvgIpc) is 2.97. The lowest BCUT2D eigenvalue weighted by Crippen LogP contribution is -2.42.